The van der Waals surface area contributed by atoms with Crippen LogP contribution in [0.25, 0.3) is 10.9 Å². The highest BCUT2D eigenvalue weighted by molar-refractivity contribution is 5.95. The molecule has 0 radical (unpaired) electrons. The predicted molar refractivity (Wildman–Crippen MR) is 164 cm³/mol. The van der Waals surface area contributed by atoms with Crippen molar-refractivity contribution in [3.05, 3.63) is 71.4 Å². The Morgan fingerprint density at radius 2 is 1.80 bits per heavy atom. The maximum Gasteiger partial charge on any atom is 0.410 e. The van der Waals surface area contributed by atoms with E-state index in [-0.39, 0.29) is 24.5 Å². The number of amides is 3. The molecule has 3 heterocycles. The van der Waals surface area contributed by atoms with Crippen LogP contribution in [0, 0.1) is 18.3 Å². The van der Waals surface area contributed by atoms with Crippen molar-refractivity contribution in [1.29, 1.82) is 0 Å². The zero-order valence-electron chi connectivity index (χ0n) is 25.7. The van der Waals surface area contributed by atoms with Crippen LogP contribution in [-0.4, -0.2) is 70.8 Å². The summed E-state index contributed by atoms with van der Waals surface area (Å²) in [5.41, 5.74) is 3.44. The molecule has 5 rings (SSSR count). The lowest BCUT2D eigenvalue weighted by Gasteiger charge is -2.43. The van der Waals surface area contributed by atoms with Gasteiger partial charge in [-0.2, -0.15) is 0 Å². The first-order valence-electron chi connectivity index (χ1n) is 15.0. The van der Waals surface area contributed by atoms with E-state index in [1.807, 2.05) is 63.5 Å². The lowest BCUT2D eigenvalue weighted by molar-refractivity contribution is -0.144. The molecule has 2 atom stereocenters. The SMILES string of the molecule is Cc1cc(COc2ccc(C(=O)NC3CNCC3(C(=O)NO)C3CCN(C(=O)OC(C)(C)C)CC3)cc2)c2ccccc2n1. The molecule has 3 aromatic rings. The molecule has 2 aromatic carbocycles. The molecule has 11 nitrogen and oxygen atoms in total. The van der Waals surface area contributed by atoms with Gasteiger partial charge < -0.3 is 25.0 Å². The number of fused-ring (bicyclic) bond motifs is 1. The second kappa shape index (κ2) is 12.8. The van der Waals surface area contributed by atoms with Crippen LogP contribution in [-0.2, 0) is 16.1 Å². The van der Waals surface area contributed by atoms with Gasteiger partial charge in [0.05, 0.1) is 17.0 Å². The number of hydroxylamine groups is 1. The van der Waals surface area contributed by atoms with Gasteiger partial charge in [-0.3, -0.25) is 19.8 Å². The molecule has 2 saturated heterocycles. The van der Waals surface area contributed by atoms with E-state index in [0.717, 1.165) is 22.2 Å². The van der Waals surface area contributed by atoms with E-state index in [0.29, 0.717) is 50.4 Å². The van der Waals surface area contributed by atoms with Crippen molar-refractivity contribution in [2.75, 3.05) is 26.2 Å². The third-order valence-corrected chi connectivity index (χ3v) is 8.53. The molecule has 3 amide bonds. The van der Waals surface area contributed by atoms with Crippen LogP contribution in [0.3, 0.4) is 0 Å². The number of hydrogen-bond acceptors (Lipinski definition) is 8. The number of rotatable bonds is 7. The molecule has 4 N–H and O–H groups in total. The molecule has 2 aliphatic heterocycles. The third kappa shape index (κ3) is 6.63. The zero-order chi connectivity index (χ0) is 31.5. The fourth-order valence-corrected chi connectivity index (χ4v) is 6.39. The number of aromatic nitrogens is 1. The normalized spacial score (nSPS) is 20.8. The summed E-state index contributed by atoms with van der Waals surface area (Å²) >= 11 is 0. The summed E-state index contributed by atoms with van der Waals surface area (Å²) in [6.45, 7) is 9.25. The van der Waals surface area contributed by atoms with Gasteiger partial charge in [0.2, 0.25) is 0 Å². The van der Waals surface area contributed by atoms with Crippen molar-refractivity contribution in [1.82, 2.24) is 26.0 Å². The molecular formula is C33H41N5O6. The van der Waals surface area contributed by atoms with Gasteiger partial charge in [-0.25, -0.2) is 10.3 Å². The van der Waals surface area contributed by atoms with Crippen molar-refractivity contribution in [2.24, 2.45) is 11.3 Å². The number of ether oxygens (including phenoxy) is 2. The van der Waals surface area contributed by atoms with E-state index in [1.165, 1.54) is 0 Å². The largest absolute Gasteiger partial charge is 0.489 e. The fourth-order valence-electron chi connectivity index (χ4n) is 6.39. The highest BCUT2D eigenvalue weighted by atomic mass is 16.6. The Morgan fingerprint density at radius 1 is 1.09 bits per heavy atom. The molecule has 0 saturated carbocycles. The standard InChI is InChI=1S/C33H41N5O6/c1-21-17-23(26-7-5-6-8-27(26)35-21)19-43-25-11-9-22(10-12-25)29(39)36-28-18-34-20-33(28,30(40)37-42)24-13-15-38(16-14-24)31(41)44-32(2,3)4/h5-12,17,24,28,34,42H,13-16,18-20H2,1-4H3,(H,36,39)(H,37,40). The molecule has 11 heteroatoms. The maximum atomic E-state index is 13.4. The summed E-state index contributed by atoms with van der Waals surface area (Å²) in [5, 5.41) is 17.0. The Kier molecular flexibility index (Phi) is 9.07. The van der Waals surface area contributed by atoms with Gasteiger partial charge in [-0.05, 0) is 82.9 Å². The number of hydrogen-bond donors (Lipinski definition) is 4. The van der Waals surface area contributed by atoms with Gasteiger partial charge in [-0.15, -0.1) is 0 Å². The topological polar surface area (TPSA) is 142 Å². The third-order valence-electron chi connectivity index (χ3n) is 8.53. The average molecular weight is 604 g/mol. The number of carbonyl (C=O) groups is 3. The van der Waals surface area contributed by atoms with Crippen molar-refractivity contribution in [2.45, 2.75) is 58.8 Å². The monoisotopic (exact) mass is 603 g/mol. The Labute approximate surface area is 257 Å². The molecule has 234 valence electrons. The minimum absolute atomic E-state index is 0.183. The van der Waals surface area contributed by atoms with Crippen molar-refractivity contribution in [3.63, 3.8) is 0 Å². The summed E-state index contributed by atoms with van der Waals surface area (Å²) in [4.78, 5) is 45.4. The van der Waals surface area contributed by atoms with E-state index < -0.39 is 23.0 Å². The molecule has 44 heavy (non-hydrogen) atoms. The van der Waals surface area contributed by atoms with Crippen LogP contribution < -0.4 is 20.9 Å². The second-order valence-corrected chi connectivity index (χ2v) is 12.6. The molecular weight excluding hydrogens is 562 g/mol. The summed E-state index contributed by atoms with van der Waals surface area (Å²) < 4.78 is 11.6. The van der Waals surface area contributed by atoms with Crippen LogP contribution in [0.2, 0.25) is 0 Å². The Balaban J connectivity index is 1.24. The van der Waals surface area contributed by atoms with Crippen LogP contribution in [0.4, 0.5) is 4.79 Å². The quantitative estimate of drug-likeness (QED) is 0.235. The number of likely N-dealkylation sites (tertiary alicyclic amines) is 1. The lowest BCUT2D eigenvalue weighted by Crippen LogP contribution is -2.60. The highest BCUT2D eigenvalue weighted by Crippen LogP contribution is 2.41. The first-order valence-corrected chi connectivity index (χ1v) is 15.0. The van der Waals surface area contributed by atoms with Crippen LogP contribution in [0.5, 0.6) is 5.75 Å². The molecule has 0 spiro atoms. The number of piperidine rings is 1. The molecule has 0 bridgehead atoms. The van der Waals surface area contributed by atoms with Crippen molar-refractivity contribution in [3.8, 4) is 5.75 Å². The van der Waals surface area contributed by atoms with Gasteiger partial charge in [0, 0.05) is 48.4 Å². The van der Waals surface area contributed by atoms with Crippen LogP contribution in [0.15, 0.2) is 54.6 Å². The molecule has 2 unspecified atom stereocenters. The summed E-state index contributed by atoms with van der Waals surface area (Å²) in [6.07, 6.45) is 0.667. The number of carbonyl (C=O) groups excluding carboxylic acids is 3. The molecule has 0 aliphatic carbocycles. The van der Waals surface area contributed by atoms with Gasteiger partial charge in [-0.1, -0.05) is 18.2 Å². The number of pyridine rings is 1. The van der Waals surface area contributed by atoms with Crippen LogP contribution >= 0.6 is 0 Å². The van der Waals surface area contributed by atoms with Gasteiger partial charge >= 0.3 is 6.09 Å². The fraction of sp³-hybridized carbons (Fsp3) is 0.455. The van der Waals surface area contributed by atoms with E-state index in [9.17, 15) is 19.6 Å². The second-order valence-electron chi connectivity index (χ2n) is 12.6. The van der Waals surface area contributed by atoms with Gasteiger partial charge in [0.1, 0.15) is 18.0 Å². The van der Waals surface area contributed by atoms with Gasteiger partial charge in [0.15, 0.2) is 0 Å². The number of aryl methyl sites for hydroxylation is 1. The zero-order valence-corrected chi connectivity index (χ0v) is 25.7. The summed E-state index contributed by atoms with van der Waals surface area (Å²) in [5.74, 6) is -0.445. The number of para-hydroxylation sites is 1. The maximum absolute atomic E-state index is 13.4. The number of nitrogens with zero attached hydrogens (tertiary/aromatic N) is 2. The first-order chi connectivity index (χ1) is 21.0. The average Bonchev–Trinajstić information content (AvgIpc) is 3.43. The predicted octanol–water partition coefficient (Wildman–Crippen LogP) is 3.96. The summed E-state index contributed by atoms with van der Waals surface area (Å²) in [7, 11) is 0. The minimum atomic E-state index is -1.08. The number of benzene rings is 2. The Hall–Kier alpha value is -4.22. The Morgan fingerprint density at radius 3 is 2.48 bits per heavy atom. The van der Waals surface area contributed by atoms with Crippen molar-refractivity contribution >= 4 is 28.8 Å². The summed E-state index contributed by atoms with van der Waals surface area (Å²) in [6, 6.07) is 16.2. The van der Waals surface area contributed by atoms with E-state index in [2.05, 4.69) is 15.6 Å². The Bertz CT molecular complexity index is 1510. The van der Waals surface area contributed by atoms with E-state index in [1.54, 1.807) is 29.2 Å². The van der Waals surface area contributed by atoms with E-state index in [4.69, 9.17) is 9.47 Å². The molecule has 2 fully saturated rings. The lowest BCUT2D eigenvalue weighted by atomic mass is 9.67. The minimum Gasteiger partial charge on any atom is -0.489 e. The van der Waals surface area contributed by atoms with Gasteiger partial charge in [0.25, 0.3) is 11.8 Å². The van der Waals surface area contributed by atoms with E-state index >= 15 is 0 Å². The van der Waals surface area contributed by atoms with Crippen LogP contribution in [0.1, 0.15) is 55.2 Å². The van der Waals surface area contributed by atoms with Crippen molar-refractivity contribution < 1.29 is 29.1 Å². The first kappa shape index (κ1) is 31.2. The molecule has 2 aliphatic rings. The highest BCUT2D eigenvalue weighted by Gasteiger charge is 2.55. The number of nitrogens with one attached hydrogen (secondary N) is 3. The molecule has 1 aromatic heterocycles. The smallest absolute Gasteiger partial charge is 0.410 e.